The molecule has 3 fully saturated rings. The summed E-state index contributed by atoms with van der Waals surface area (Å²) in [5, 5.41) is 34.0. The zero-order valence-electron chi connectivity index (χ0n) is 60.1. The highest BCUT2D eigenvalue weighted by molar-refractivity contribution is 7.90. The number of allylic oxidation sites excluding steroid dienone is 1. The zero-order chi connectivity index (χ0) is 73.0. The molecule has 4 aromatic carbocycles. The van der Waals surface area contributed by atoms with E-state index in [1.54, 1.807) is 41.8 Å². The van der Waals surface area contributed by atoms with Crippen LogP contribution in [0.25, 0.3) is 27.0 Å². The van der Waals surface area contributed by atoms with Gasteiger partial charge in [-0.2, -0.15) is 0 Å². The van der Waals surface area contributed by atoms with Gasteiger partial charge in [0.25, 0.3) is 21.6 Å². The van der Waals surface area contributed by atoms with Crippen molar-refractivity contribution in [3.63, 3.8) is 0 Å². The molecule has 25 heteroatoms. The van der Waals surface area contributed by atoms with Gasteiger partial charge < -0.3 is 45.5 Å². The molecule has 11 rings (SSSR count). The number of sulfonamides is 1. The summed E-state index contributed by atoms with van der Waals surface area (Å²) < 4.78 is 36.7. The number of amides is 4. The number of hydrogen-bond donors (Lipinski definition) is 6. The van der Waals surface area contributed by atoms with Crippen LogP contribution in [-0.4, -0.2) is 155 Å². The van der Waals surface area contributed by atoms with E-state index >= 15 is 0 Å². The van der Waals surface area contributed by atoms with Crippen molar-refractivity contribution in [3.8, 4) is 21.9 Å². The third kappa shape index (κ3) is 20.2. The fraction of sp³-hybridized carbons (Fsp3) is 0.487. The molecule has 550 valence electrons. The molecule has 4 amide bonds. The van der Waals surface area contributed by atoms with Crippen LogP contribution in [-0.2, 0) is 31.0 Å². The average molecular weight is 1460 g/mol. The van der Waals surface area contributed by atoms with E-state index in [4.69, 9.17) is 16.3 Å². The minimum atomic E-state index is -4.64. The number of nitrogens with zero attached hydrogens (tertiary/aromatic N) is 7. The number of benzene rings is 4. The van der Waals surface area contributed by atoms with Crippen LogP contribution in [0.1, 0.15) is 158 Å². The molecule has 4 atom stereocenters. The van der Waals surface area contributed by atoms with Gasteiger partial charge in [-0.25, -0.2) is 23.1 Å². The predicted octanol–water partition coefficient (Wildman–Crippen LogP) is 13.7. The number of halogens is 1. The second-order valence-corrected chi connectivity index (χ2v) is 33.1. The van der Waals surface area contributed by atoms with Gasteiger partial charge in [0.1, 0.15) is 34.9 Å². The average Bonchev–Trinajstić information content (AvgIpc) is 0.890. The molecule has 0 bridgehead atoms. The largest absolute Gasteiger partial charge is 0.455 e. The standard InChI is InChI=1S/C78H99ClN12O10S2/c1-52-71(102-51-84-52)56-20-18-53(19-21-56)45-83-75(95)68-42-61(92)50-90(68)76(96)72(77(2,3)4)85-70(93)17-13-11-9-7-8-10-12-14-34-87-35-15-16-54(48-87)46-81-66-29-27-63(43-67(66)91(97)98)103(99,100)86-74(94)64-28-26-60(41-69(64)101-62-40-57-31-33-80-73(57)82-47-62)89-38-36-88(37-39-89)49-58-30-32-78(5,6)44-65(58)55-22-24-59(79)25-23-55/h18-29,31,33,40-41,43,47,51,54,61,68,72,81,92H,7-17,30,32,34-39,42,44-46,48-50H2,1-6H3,(H,80,82)(H,83,95)(H,85,93)(H,86,94)/t54?,61-,68+,72-/m1/s1. The number of aliphatic hydroxyl groups excluding tert-OH is 1. The molecule has 3 saturated heterocycles. The number of aryl methyl sites for hydroxylation is 1. The van der Waals surface area contributed by atoms with Crippen LogP contribution >= 0.6 is 22.9 Å². The third-order valence-electron chi connectivity index (χ3n) is 20.6. The first-order valence-electron chi connectivity index (χ1n) is 36.4. The number of aliphatic hydroxyl groups is 1. The van der Waals surface area contributed by atoms with E-state index in [-0.39, 0.29) is 72.0 Å². The number of nitrogens with one attached hydrogen (secondary N) is 5. The smallest absolute Gasteiger partial charge is 0.293 e. The number of piperidine rings is 1. The molecule has 6 N–H and O–H groups in total. The first kappa shape index (κ1) is 75.9. The van der Waals surface area contributed by atoms with Gasteiger partial charge in [0.2, 0.25) is 17.7 Å². The number of piperazine rings is 1. The Morgan fingerprint density at radius 3 is 2.31 bits per heavy atom. The number of nitro groups is 1. The number of nitro benzene ring substituents is 1. The number of anilines is 2. The molecule has 103 heavy (non-hydrogen) atoms. The lowest BCUT2D eigenvalue weighted by atomic mass is 9.72. The van der Waals surface area contributed by atoms with Crippen molar-refractivity contribution < 1.29 is 42.4 Å². The first-order valence-corrected chi connectivity index (χ1v) is 39.1. The topological polar surface area (TPSA) is 278 Å². The highest BCUT2D eigenvalue weighted by Gasteiger charge is 2.45. The van der Waals surface area contributed by atoms with E-state index in [1.807, 2.05) is 75.7 Å². The summed E-state index contributed by atoms with van der Waals surface area (Å²) in [5.41, 5.74) is 9.51. The number of carbonyl (C=O) groups excluding carboxylic acids is 4. The molecule has 1 unspecified atom stereocenters. The van der Waals surface area contributed by atoms with Gasteiger partial charge in [0.15, 0.2) is 0 Å². The number of hydrogen-bond acceptors (Lipinski definition) is 17. The monoisotopic (exact) mass is 1460 g/mol. The Morgan fingerprint density at radius 1 is 0.864 bits per heavy atom. The van der Waals surface area contributed by atoms with Crippen LogP contribution in [0.4, 0.5) is 17.1 Å². The molecular weight excluding hydrogens is 1360 g/mol. The van der Waals surface area contributed by atoms with E-state index < -0.39 is 55.0 Å². The maximum Gasteiger partial charge on any atom is 0.293 e. The third-order valence-corrected chi connectivity index (χ3v) is 23.1. The van der Waals surface area contributed by atoms with Crippen molar-refractivity contribution in [1.82, 2.24) is 45.0 Å². The van der Waals surface area contributed by atoms with Crippen molar-refractivity contribution >= 4 is 90.3 Å². The Bertz CT molecular complexity index is 4280. The number of unbranched alkanes of at least 4 members (excludes halogenated alkanes) is 7. The van der Waals surface area contributed by atoms with Gasteiger partial charge in [-0.1, -0.05) is 127 Å². The summed E-state index contributed by atoms with van der Waals surface area (Å²) in [6.45, 7) is 19.6. The number of β-amino-alcohol motifs (C(OH)–C–C–N with tert-alkyl or cyclic N) is 1. The van der Waals surface area contributed by atoms with Crippen LogP contribution < -0.4 is 30.3 Å². The Balaban J connectivity index is 0.603. The lowest BCUT2D eigenvalue weighted by Crippen LogP contribution is -2.57. The molecule has 0 radical (unpaired) electrons. The maximum atomic E-state index is 14.2. The number of aromatic amines is 1. The van der Waals surface area contributed by atoms with E-state index in [0.717, 1.165) is 160 Å². The molecule has 0 spiro atoms. The van der Waals surface area contributed by atoms with Crippen molar-refractivity contribution in [2.45, 2.75) is 167 Å². The summed E-state index contributed by atoms with van der Waals surface area (Å²) in [4.78, 5) is 88.4. The van der Waals surface area contributed by atoms with Crippen LogP contribution in [0.15, 0.2) is 125 Å². The van der Waals surface area contributed by atoms with Gasteiger partial charge >= 0.3 is 0 Å². The maximum absolute atomic E-state index is 14.2. The second-order valence-electron chi connectivity index (χ2n) is 30.1. The molecule has 3 aliphatic heterocycles. The quantitative estimate of drug-likeness (QED) is 0.0139. The fourth-order valence-electron chi connectivity index (χ4n) is 14.7. The minimum absolute atomic E-state index is 0.0111. The predicted molar refractivity (Wildman–Crippen MR) is 406 cm³/mol. The SMILES string of the molecule is Cc1ncsc1-c1ccc(CNC(=O)[C@@H]2C[C@@H](O)CN2C(=O)[C@@H](NC(=O)CCCCCCCCCCN2CCCC(CNc3ccc(S(=O)(=O)NC(=O)c4ccc(N5CCN(CC6=C(c7ccc(Cl)cc7)CC(C)(C)CC6)CC5)cc4Oc4cnc5[nH]ccc5c4)cc3[N+](=O)[O-])C2)C(C)(C)C)cc1. The van der Waals surface area contributed by atoms with E-state index in [9.17, 15) is 42.8 Å². The Morgan fingerprint density at radius 2 is 1.59 bits per heavy atom. The lowest BCUT2D eigenvalue weighted by Gasteiger charge is -2.39. The summed E-state index contributed by atoms with van der Waals surface area (Å²) in [6, 6.07) is 26.7. The van der Waals surface area contributed by atoms with Crippen LogP contribution in [0.3, 0.4) is 0 Å². The second kappa shape index (κ2) is 34.1. The number of H-pyrrole nitrogens is 1. The van der Waals surface area contributed by atoms with Crippen molar-refractivity contribution in [2.75, 3.05) is 75.7 Å². The van der Waals surface area contributed by atoms with Crippen molar-refractivity contribution in [2.24, 2.45) is 16.7 Å². The Hall–Kier alpha value is -8.26. The summed E-state index contributed by atoms with van der Waals surface area (Å²) >= 11 is 7.86. The van der Waals surface area contributed by atoms with Crippen molar-refractivity contribution in [3.05, 3.63) is 158 Å². The van der Waals surface area contributed by atoms with E-state index in [2.05, 4.69) is 76.3 Å². The van der Waals surface area contributed by atoms with Gasteiger partial charge in [-0.15, -0.1) is 11.3 Å². The number of thiazole rings is 1. The van der Waals surface area contributed by atoms with E-state index in [1.165, 1.54) is 39.9 Å². The van der Waals surface area contributed by atoms with Crippen LogP contribution in [0.5, 0.6) is 11.5 Å². The number of rotatable bonds is 30. The Labute approximate surface area is 614 Å². The van der Waals surface area contributed by atoms with Gasteiger partial charge in [0, 0.05) is 106 Å². The number of ether oxygens (including phenoxy) is 1. The number of carbonyl (C=O) groups is 4. The Kier molecular flexibility index (Phi) is 25.1. The van der Waals surface area contributed by atoms with E-state index in [0.29, 0.717) is 37.5 Å². The summed E-state index contributed by atoms with van der Waals surface area (Å²) in [6.07, 6.45) is 15.8. The van der Waals surface area contributed by atoms with Crippen LogP contribution in [0.2, 0.25) is 5.02 Å². The number of aromatic nitrogens is 3. The number of fused-ring (bicyclic) bond motifs is 1. The molecule has 22 nitrogen and oxygen atoms in total. The molecule has 0 saturated carbocycles. The van der Waals surface area contributed by atoms with Crippen LogP contribution in [0, 0.1) is 33.8 Å². The highest BCUT2D eigenvalue weighted by atomic mass is 35.5. The highest BCUT2D eigenvalue weighted by Crippen LogP contribution is 2.44. The molecule has 7 aromatic rings. The number of pyridine rings is 1. The molecular formula is C78H99ClN12O10S2. The normalized spacial score (nSPS) is 18.6. The summed E-state index contributed by atoms with van der Waals surface area (Å²) in [5.74, 6) is -1.25. The first-order chi connectivity index (χ1) is 49.3. The summed E-state index contributed by atoms with van der Waals surface area (Å²) in [7, 11) is -4.64. The molecule has 3 aromatic heterocycles. The molecule has 4 aliphatic rings. The van der Waals surface area contributed by atoms with Gasteiger partial charge in [-0.05, 0) is 153 Å². The van der Waals surface area contributed by atoms with Gasteiger partial charge in [-0.3, -0.25) is 34.2 Å². The zero-order valence-corrected chi connectivity index (χ0v) is 62.5. The molecule has 1 aliphatic carbocycles. The fourth-order valence-corrected chi connectivity index (χ4v) is 16.6. The lowest BCUT2D eigenvalue weighted by molar-refractivity contribution is -0.384. The number of likely N-dealkylation sites (tertiary alicyclic amines) is 2. The minimum Gasteiger partial charge on any atom is -0.455 e. The van der Waals surface area contributed by atoms with Gasteiger partial charge in [0.05, 0.1) is 43.8 Å². The molecule has 6 heterocycles. The van der Waals surface area contributed by atoms with Crippen molar-refractivity contribution in [1.29, 1.82) is 0 Å².